The van der Waals surface area contributed by atoms with E-state index in [9.17, 15) is 9.18 Å². The van der Waals surface area contributed by atoms with Gasteiger partial charge in [-0.15, -0.1) is 0 Å². The number of benzene rings is 2. The lowest BCUT2D eigenvalue weighted by Gasteiger charge is -2.22. The molecule has 0 aromatic heterocycles. The molecule has 0 heterocycles. The van der Waals surface area contributed by atoms with Crippen molar-refractivity contribution in [3.63, 3.8) is 0 Å². The van der Waals surface area contributed by atoms with Gasteiger partial charge in [-0.05, 0) is 37.3 Å². The Kier molecular flexibility index (Phi) is 6.44. The number of para-hydroxylation sites is 1. The molecule has 0 aliphatic rings. The van der Waals surface area contributed by atoms with Crippen molar-refractivity contribution in [1.29, 1.82) is 0 Å². The van der Waals surface area contributed by atoms with Gasteiger partial charge in [-0.3, -0.25) is 4.79 Å². The van der Waals surface area contributed by atoms with Crippen molar-refractivity contribution >= 4 is 17.5 Å². The Morgan fingerprint density at radius 1 is 1.25 bits per heavy atom. The number of carbonyl (C=O) groups excluding carboxylic acids is 1. The molecule has 2 rings (SSSR count). The normalized spacial score (nSPS) is 11.7. The molecule has 1 unspecified atom stereocenters. The molecule has 0 fully saturated rings. The van der Waals surface area contributed by atoms with E-state index in [1.54, 1.807) is 56.4 Å². The second-order valence-electron chi connectivity index (χ2n) is 5.26. The molecule has 1 amide bonds. The van der Waals surface area contributed by atoms with E-state index in [1.807, 2.05) is 0 Å². The highest BCUT2D eigenvalue weighted by Crippen LogP contribution is 2.19. The van der Waals surface area contributed by atoms with Gasteiger partial charge in [0.2, 0.25) is 0 Å². The van der Waals surface area contributed by atoms with Gasteiger partial charge in [-0.25, -0.2) is 4.39 Å². The summed E-state index contributed by atoms with van der Waals surface area (Å²) in [6, 6.07) is 13.0. The fourth-order valence-electron chi connectivity index (χ4n) is 2.07. The van der Waals surface area contributed by atoms with Gasteiger partial charge in [0, 0.05) is 12.1 Å². The fourth-order valence-corrected chi connectivity index (χ4v) is 2.25. The summed E-state index contributed by atoms with van der Waals surface area (Å²) in [6.07, 6.45) is -0.665. The molecule has 0 saturated heterocycles. The molecule has 1 atom stereocenters. The zero-order valence-corrected chi connectivity index (χ0v) is 14.3. The van der Waals surface area contributed by atoms with E-state index in [0.717, 1.165) is 0 Å². The lowest BCUT2D eigenvalue weighted by molar-refractivity contribution is -0.136. The first kappa shape index (κ1) is 18.1. The number of nitrogens with zero attached hydrogens (tertiary/aromatic N) is 1. The highest BCUT2D eigenvalue weighted by molar-refractivity contribution is 6.30. The summed E-state index contributed by atoms with van der Waals surface area (Å²) < 4.78 is 24.4. The highest BCUT2D eigenvalue weighted by atomic mass is 35.5. The lowest BCUT2D eigenvalue weighted by atomic mass is 10.3. The van der Waals surface area contributed by atoms with Crippen LogP contribution in [0, 0.1) is 5.82 Å². The second-order valence-corrected chi connectivity index (χ2v) is 5.69. The van der Waals surface area contributed by atoms with E-state index in [2.05, 4.69) is 0 Å². The summed E-state index contributed by atoms with van der Waals surface area (Å²) in [5.74, 6) is 0.0668. The number of amides is 1. The van der Waals surface area contributed by atoms with Crippen molar-refractivity contribution in [2.45, 2.75) is 13.0 Å². The number of hydrogen-bond donors (Lipinski definition) is 0. The van der Waals surface area contributed by atoms with Crippen LogP contribution < -0.4 is 9.47 Å². The van der Waals surface area contributed by atoms with Crippen LogP contribution in [0.2, 0.25) is 5.02 Å². The van der Waals surface area contributed by atoms with Gasteiger partial charge < -0.3 is 14.4 Å². The molecular formula is C18H19ClFNO3. The number of likely N-dealkylation sites (N-methyl/N-ethyl adjacent to an activating group) is 1. The van der Waals surface area contributed by atoms with Gasteiger partial charge in [0.05, 0.1) is 6.54 Å². The van der Waals surface area contributed by atoms with Crippen LogP contribution >= 0.6 is 11.6 Å². The minimum atomic E-state index is -0.665. The quantitative estimate of drug-likeness (QED) is 0.762. The van der Waals surface area contributed by atoms with E-state index in [0.29, 0.717) is 17.3 Å². The average molecular weight is 352 g/mol. The number of rotatable bonds is 7. The van der Waals surface area contributed by atoms with Crippen molar-refractivity contribution in [3.05, 3.63) is 59.4 Å². The predicted octanol–water partition coefficient (Wildman–Crippen LogP) is 3.78. The Labute approximate surface area is 145 Å². The fraction of sp³-hybridized carbons (Fsp3) is 0.278. The van der Waals surface area contributed by atoms with E-state index in [4.69, 9.17) is 21.1 Å². The number of carbonyl (C=O) groups is 1. The van der Waals surface area contributed by atoms with E-state index in [1.165, 1.54) is 11.0 Å². The first-order valence-corrected chi connectivity index (χ1v) is 7.89. The van der Waals surface area contributed by atoms with Crippen LogP contribution in [0.25, 0.3) is 0 Å². The standard InChI is InChI=1S/C18H19ClFNO3/c1-13(24-15-7-5-6-14(19)12-15)18(22)21(2)10-11-23-17-9-4-3-8-16(17)20/h3-9,12-13H,10-11H2,1-2H3. The molecule has 128 valence electrons. The van der Waals surface area contributed by atoms with Crippen LogP contribution in [0.15, 0.2) is 48.5 Å². The minimum Gasteiger partial charge on any atom is -0.489 e. The Morgan fingerprint density at radius 3 is 2.71 bits per heavy atom. The predicted molar refractivity (Wildman–Crippen MR) is 91.1 cm³/mol. The Bertz CT molecular complexity index is 695. The van der Waals surface area contributed by atoms with Crippen LogP contribution in [0.4, 0.5) is 4.39 Å². The minimum absolute atomic E-state index is 0.168. The first-order valence-electron chi connectivity index (χ1n) is 7.52. The largest absolute Gasteiger partial charge is 0.489 e. The summed E-state index contributed by atoms with van der Waals surface area (Å²) in [7, 11) is 1.64. The van der Waals surface area contributed by atoms with Crippen LogP contribution in [0.1, 0.15) is 6.92 Å². The van der Waals surface area contributed by atoms with Crippen LogP contribution in [-0.4, -0.2) is 37.1 Å². The molecule has 24 heavy (non-hydrogen) atoms. The van der Waals surface area contributed by atoms with Gasteiger partial charge in [0.15, 0.2) is 17.7 Å². The molecule has 0 N–H and O–H groups in total. The van der Waals surface area contributed by atoms with Crippen LogP contribution in [0.5, 0.6) is 11.5 Å². The molecule has 4 nitrogen and oxygen atoms in total. The van der Waals surface area contributed by atoms with Crippen molar-refractivity contribution in [1.82, 2.24) is 4.90 Å². The molecule has 0 aliphatic heterocycles. The second kappa shape index (κ2) is 8.55. The summed E-state index contributed by atoms with van der Waals surface area (Å²) in [6.45, 7) is 2.17. The van der Waals surface area contributed by atoms with E-state index in [-0.39, 0.29) is 18.3 Å². The van der Waals surface area contributed by atoms with Gasteiger partial charge >= 0.3 is 0 Å². The van der Waals surface area contributed by atoms with E-state index < -0.39 is 11.9 Å². The van der Waals surface area contributed by atoms with Crippen molar-refractivity contribution in [2.24, 2.45) is 0 Å². The zero-order chi connectivity index (χ0) is 17.5. The first-order chi connectivity index (χ1) is 11.5. The smallest absolute Gasteiger partial charge is 0.263 e. The topological polar surface area (TPSA) is 38.8 Å². The van der Waals surface area contributed by atoms with Crippen molar-refractivity contribution < 1.29 is 18.7 Å². The molecular weight excluding hydrogens is 333 g/mol. The third-order valence-corrected chi connectivity index (χ3v) is 3.59. The summed E-state index contributed by atoms with van der Waals surface area (Å²) >= 11 is 5.89. The summed E-state index contributed by atoms with van der Waals surface area (Å²) in [4.78, 5) is 13.8. The van der Waals surface area contributed by atoms with Crippen molar-refractivity contribution in [3.8, 4) is 11.5 Å². The molecule has 0 saturated carbocycles. The molecule has 0 bridgehead atoms. The molecule has 0 radical (unpaired) electrons. The lowest BCUT2D eigenvalue weighted by Crippen LogP contribution is -2.40. The van der Waals surface area contributed by atoms with Gasteiger partial charge in [0.1, 0.15) is 12.4 Å². The average Bonchev–Trinajstić information content (AvgIpc) is 2.55. The van der Waals surface area contributed by atoms with Crippen LogP contribution in [-0.2, 0) is 4.79 Å². The van der Waals surface area contributed by atoms with Gasteiger partial charge in [-0.1, -0.05) is 29.8 Å². The molecule has 2 aromatic carbocycles. The number of halogens is 2. The third kappa shape index (κ3) is 5.13. The van der Waals surface area contributed by atoms with Crippen LogP contribution in [0.3, 0.4) is 0 Å². The monoisotopic (exact) mass is 351 g/mol. The van der Waals surface area contributed by atoms with Crippen molar-refractivity contribution in [2.75, 3.05) is 20.2 Å². The number of hydrogen-bond acceptors (Lipinski definition) is 3. The molecule has 6 heteroatoms. The summed E-state index contributed by atoms with van der Waals surface area (Å²) in [5, 5.41) is 0.541. The maximum absolute atomic E-state index is 13.4. The molecule has 0 aliphatic carbocycles. The van der Waals surface area contributed by atoms with Gasteiger partial charge in [0.25, 0.3) is 5.91 Å². The molecule has 0 spiro atoms. The highest BCUT2D eigenvalue weighted by Gasteiger charge is 2.19. The number of ether oxygens (including phenoxy) is 2. The van der Waals surface area contributed by atoms with E-state index >= 15 is 0 Å². The molecule has 2 aromatic rings. The summed E-state index contributed by atoms with van der Waals surface area (Å²) in [5.41, 5.74) is 0. The Morgan fingerprint density at radius 2 is 2.00 bits per heavy atom. The zero-order valence-electron chi connectivity index (χ0n) is 13.5. The maximum Gasteiger partial charge on any atom is 0.263 e. The Hall–Kier alpha value is -2.27. The van der Waals surface area contributed by atoms with Gasteiger partial charge in [-0.2, -0.15) is 0 Å². The Balaban J connectivity index is 1.82. The third-order valence-electron chi connectivity index (χ3n) is 3.35. The maximum atomic E-state index is 13.4. The SMILES string of the molecule is CC(Oc1cccc(Cl)c1)C(=O)N(C)CCOc1ccccc1F.